The van der Waals surface area contributed by atoms with E-state index in [0.29, 0.717) is 24.1 Å². The molecule has 0 radical (unpaired) electrons. The van der Waals surface area contributed by atoms with E-state index >= 15 is 0 Å². The van der Waals surface area contributed by atoms with Crippen LogP contribution in [-0.2, 0) is 33.6 Å². The third-order valence-electron chi connectivity index (χ3n) is 10.1. The van der Waals surface area contributed by atoms with Gasteiger partial charge >= 0.3 is 58.8 Å². The fraction of sp³-hybridized carbons (Fsp3) is 0.118. The zero-order chi connectivity index (χ0) is 59.1. The van der Waals surface area contributed by atoms with Crippen LogP contribution in [0.1, 0.15) is 36.0 Å². The second-order valence-electron chi connectivity index (χ2n) is 15.7. The summed E-state index contributed by atoms with van der Waals surface area (Å²) in [6.45, 7) is 0. The van der Waals surface area contributed by atoms with Crippen molar-refractivity contribution >= 4 is 81.2 Å². The minimum absolute atomic E-state index is 0. The number of halogens is 2. The van der Waals surface area contributed by atoms with Gasteiger partial charge in [0.25, 0.3) is 11.4 Å². The summed E-state index contributed by atoms with van der Waals surface area (Å²) in [5, 5.41) is 119. The molecule has 7 aromatic carbocycles. The first-order chi connectivity index (χ1) is 38.2. The molecule has 8 rings (SSSR count). The summed E-state index contributed by atoms with van der Waals surface area (Å²) in [7, 11) is 0. The largest absolute Gasteiger partial charge is 1.00 e. The van der Waals surface area contributed by atoms with Gasteiger partial charge in [-0.15, -0.1) is 43.0 Å². The number of nitrogens with zero attached hydrogens (tertiary/aromatic N) is 11. The number of diazo groups is 1. The first-order valence-corrected chi connectivity index (χ1v) is 22.7. The van der Waals surface area contributed by atoms with Crippen molar-refractivity contribution in [3.63, 3.8) is 0 Å². The van der Waals surface area contributed by atoms with E-state index < -0.39 is 32.7 Å². The Morgan fingerprint density at radius 3 is 1.42 bits per heavy atom. The van der Waals surface area contributed by atoms with Gasteiger partial charge in [0.2, 0.25) is 5.39 Å². The van der Waals surface area contributed by atoms with E-state index in [1.807, 2.05) is 24.3 Å². The molecule has 0 atom stereocenters. The number of fused-ring (bicyclic) bond motifs is 1. The number of aromatic hydroxyl groups is 3. The number of aliphatic carboxylic acids is 3. The standard InChI is InChI=1S/C15H13N3O5.C15H13N3O3.C9H10O3.C6H4N3O2.C6H6N2O2.2ClH.HNO2.Na/c19-14-7-5-10(6-8-15(20)21)9-12(14)17-16-11-3-1-2-4-13(11)18(22)23;19-14-7-5-10(6-8-15(20)21)9-13(14)18-16-11-3-1-2-4-12(11)17-18;10-8-4-1-7(2-5-8)3-6-9(11)12;7-8-5-3-1-2-4-6(5)9(10)11;7-5-3-1-2-4-6(5)8(9)10;;;2-1-3;/h1-5,7,9,19H,6,8H2,(H,20,21);1-5,7,9,19H,6,8H2,(H,20,21);1-2,4-5,10H,3,6H2,(H,11,12);1-4H;1-4H,7H2;2*1H;(H,2,3);/q;;;+1;;;;;+1/p-2. The molecule has 0 aliphatic rings. The van der Waals surface area contributed by atoms with Gasteiger partial charge in [0.1, 0.15) is 45.3 Å². The van der Waals surface area contributed by atoms with E-state index in [0.717, 1.165) is 27.5 Å². The average Bonchev–Trinajstić information content (AvgIpc) is 4.14. The van der Waals surface area contributed by atoms with Crippen molar-refractivity contribution < 1.29 is 102 Å². The van der Waals surface area contributed by atoms with Crippen molar-refractivity contribution in [1.82, 2.24) is 15.0 Å². The minimum Gasteiger partial charge on any atom is -1.00 e. The van der Waals surface area contributed by atoms with Gasteiger partial charge in [-0.2, -0.15) is 0 Å². The number of para-hydroxylation sites is 4. The number of carbonyl (C=O) groups is 3. The summed E-state index contributed by atoms with van der Waals surface area (Å²) >= 11 is 0. The van der Waals surface area contributed by atoms with E-state index in [1.54, 1.807) is 66.7 Å². The number of hydrogen-bond acceptors (Lipinski definition) is 21. The molecule has 0 aliphatic carbocycles. The SMILES string of the molecule is Cl.N#[N+]c1ccccc1[N+](=O)[O-].Nc1ccccc1[N+](=O)[O-].O=C(O)CCc1ccc(O)c(-n2nc3ccccc3n2)c1.O=C(O)CCc1ccc(O)c(N=Nc2ccccc2[N+](=O)[O-])c1.O=C(O)CCc1ccc(O)cc1.O=N[O-].[Cl-].[Na+]. The molecule has 428 valence electrons. The van der Waals surface area contributed by atoms with Crippen LogP contribution in [0.5, 0.6) is 17.2 Å². The fourth-order valence-corrected chi connectivity index (χ4v) is 6.24. The summed E-state index contributed by atoms with van der Waals surface area (Å²) < 4.78 is 0. The molecule has 8 N–H and O–H groups in total. The predicted molar refractivity (Wildman–Crippen MR) is 294 cm³/mol. The van der Waals surface area contributed by atoms with Crippen LogP contribution in [0.4, 0.5) is 39.8 Å². The zero-order valence-electron chi connectivity index (χ0n) is 43.2. The molecule has 0 spiro atoms. The molecule has 32 heteroatoms. The number of phenols is 3. The van der Waals surface area contributed by atoms with Crippen molar-refractivity contribution in [3.05, 3.63) is 220 Å². The molecule has 83 heavy (non-hydrogen) atoms. The van der Waals surface area contributed by atoms with Crippen molar-refractivity contribution in [2.24, 2.45) is 15.6 Å². The third-order valence-corrected chi connectivity index (χ3v) is 10.1. The van der Waals surface area contributed by atoms with Gasteiger partial charge in [-0.05, 0) is 96.6 Å². The second kappa shape index (κ2) is 38.4. The number of hydrogen-bond donors (Lipinski definition) is 7. The number of nitrogens with two attached hydrogens (primary N) is 1. The minimum atomic E-state index is -0.929. The Labute approximate surface area is 503 Å². The quantitative estimate of drug-likeness (QED) is 0.0131. The summed E-state index contributed by atoms with van der Waals surface area (Å²) in [5.74, 6) is -2.48. The van der Waals surface area contributed by atoms with Crippen LogP contribution in [0.25, 0.3) is 21.7 Å². The Morgan fingerprint density at radius 2 is 0.964 bits per heavy atom. The number of nitrogen functional groups attached to an aromatic ring is 1. The number of phenolic OH excluding ortho intramolecular Hbond substituents is 3. The molecular formula is C51H47Cl2N12NaO17. The number of carboxylic acids is 3. The monoisotopic (exact) mass is 1190 g/mol. The van der Waals surface area contributed by atoms with Crippen molar-refractivity contribution in [2.45, 2.75) is 38.5 Å². The van der Waals surface area contributed by atoms with E-state index in [2.05, 4.69) is 25.4 Å². The predicted octanol–water partition coefficient (Wildman–Crippen LogP) is 5.22. The molecular weight excluding hydrogens is 1150 g/mol. The zero-order valence-corrected chi connectivity index (χ0v) is 46.8. The molecule has 0 saturated heterocycles. The normalized spacial score (nSPS) is 9.53. The topological polar surface area (TPSA) is 464 Å². The molecule has 0 bridgehead atoms. The second-order valence-corrected chi connectivity index (χ2v) is 15.7. The maximum atomic E-state index is 10.9. The number of carboxylic acid groups (broad SMARTS) is 3. The van der Waals surface area contributed by atoms with Crippen LogP contribution in [0.3, 0.4) is 0 Å². The molecule has 1 heterocycles. The van der Waals surface area contributed by atoms with Gasteiger partial charge in [-0.3, -0.25) is 44.7 Å². The van der Waals surface area contributed by atoms with Crippen LogP contribution in [-0.4, -0.2) is 78.3 Å². The van der Waals surface area contributed by atoms with Crippen LogP contribution in [0, 0.1) is 45.9 Å². The van der Waals surface area contributed by atoms with Gasteiger partial charge in [0.05, 0.1) is 14.8 Å². The summed E-state index contributed by atoms with van der Waals surface area (Å²) in [5.41, 5.74) is 9.50. The Balaban J connectivity index is 0.00000103. The summed E-state index contributed by atoms with van der Waals surface area (Å²) in [4.78, 5) is 73.1. The van der Waals surface area contributed by atoms with E-state index in [-0.39, 0.29) is 137 Å². The van der Waals surface area contributed by atoms with E-state index in [9.17, 15) is 54.9 Å². The van der Waals surface area contributed by atoms with Crippen molar-refractivity contribution in [3.8, 4) is 22.9 Å². The molecule has 0 unspecified atom stereocenters. The summed E-state index contributed by atoms with van der Waals surface area (Å²) in [6, 6.07) is 41.0. The third kappa shape index (κ3) is 26.1. The molecule has 1 aromatic heterocycles. The first-order valence-electron chi connectivity index (χ1n) is 22.7. The molecule has 0 fully saturated rings. The molecule has 0 aliphatic heterocycles. The maximum Gasteiger partial charge on any atom is 1.00 e. The smallest absolute Gasteiger partial charge is 1.00 e. The van der Waals surface area contributed by atoms with E-state index in [1.165, 1.54) is 71.5 Å². The number of benzene rings is 7. The Bertz CT molecular complexity index is 3490. The molecule has 8 aromatic rings. The molecule has 29 nitrogen and oxygen atoms in total. The van der Waals surface area contributed by atoms with Crippen LogP contribution in [0.2, 0.25) is 0 Å². The number of nitro benzene ring substituents is 3. The summed E-state index contributed by atoms with van der Waals surface area (Å²) in [6.07, 6.45) is 1.30. The molecule has 0 amide bonds. The number of azo groups is 1. The van der Waals surface area contributed by atoms with Crippen LogP contribution < -0.4 is 47.7 Å². The molecule has 0 saturated carbocycles. The Morgan fingerprint density at radius 1 is 0.566 bits per heavy atom. The van der Waals surface area contributed by atoms with Gasteiger partial charge in [0, 0.05) is 43.5 Å². The van der Waals surface area contributed by atoms with Crippen molar-refractivity contribution in [1.29, 1.82) is 5.39 Å². The number of nitro groups is 3. The van der Waals surface area contributed by atoms with Crippen LogP contribution >= 0.6 is 12.4 Å². The fourth-order valence-electron chi connectivity index (χ4n) is 6.24. The van der Waals surface area contributed by atoms with Crippen molar-refractivity contribution in [2.75, 3.05) is 5.73 Å². The van der Waals surface area contributed by atoms with Crippen LogP contribution in [0.15, 0.2) is 173 Å². The number of aryl methyl sites for hydroxylation is 3. The first kappa shape index (κ1) is 72.8. The van der Waals surface area contributed by atoms with Gasteiger partial charge in [-0.25, -0.2) is 0 Å². The number of rotatable bonds is 15. The Kier molecular flexibility index (Phi) is 33.6. The van der Waals surface area contributed by atoms with Gasteiger partial charge < -0.3 is 58.9 Å². The average molecular weight is 1190 g/mol. The maximum absolute atomic E-state index is 10.9. The van der Waals surface area contributed by atoms with Gasteiger partial charge in [0.15, 0.2) is 10.7 Å². The van der Waals surface area contributed by atoms with Gasteiger partial charge in [-0.1, -0.05) is 72.8 Å². The Hall–Kier alpha value is -10.3. The number of anilines is 1. The number of aromatic nitrogens is 3. The van der Waals surface area contributed by atoms with E-state index in [4.69, 9.17) is 41.7 Å².